The Bertz CT molecular complexity index is 1210. The second-order valence-electron chi connectivity index (χ2n) is 7.16. The summed E-state index contributed by atoms with van der Waals surface area (Å²) in [7, 11) is 0. The van der Waals surface area contributed by atoms with E-state index in [0.717, 1.165) is 11.1 Å². The van der Waals surface area contributed by atoms with Crippen LogP contribution in [-0.4, -0.2) is 10.5 Å². The number of nitrogens with one attached hydrogen (secondary N) is 1. The van der Waals surface area contributed by atoms with Crippen LogP contribution in [0, 0.1) is 17.1 Å². The number of benzene rings is 3. The third-order valence-corrected chi connectivity index (χ3v) is 5.12. The molecule has 3 aromatic carbocycles. The minimum atomic E-state index is -0.366. The lowest BCUT2D eigenvalue weighted by Crippen LogP contribution is -2.32. The molecule has 0 radical (unpaired) electrons. The molecule has 4 rings (SSSR count). The van der Waals surface area contributed by atoms with Gasteiger partial charge in [0.15, 0.2) is 0 Å². The average Bonchev–Trinajstić information content (AvgIpc) is 3.25. The van der Waals surface area contributed by atoms with E-state index in [4.69, 9.17) is 0 Å². The molecule has 0 bridgehead atoms. The van der Waals surface area contributed by atoms with Crippen LogP contribution in [0.5, 0.6) is 0 Å². The maximum absolute atomic E-state index is 13.4. The van der Waals surface area contributed by atoms with Gasteiger partial charge in [-0.1, -0.05) is 60.7 Å². The van der Waals surface area contributed by atoms with Crippen molar-refractivity contribution in [2.75, 3.05) is 0 Å². The molecule has 1 unspecified atom stereocenters. The Balaban J connectivity index is 1.68. The number of amides is 1. The van der Waals surface area contributed by atoms with Crippen LogP contribution >= 0.6 is 0 Å². The molecular weight excluding hydrogens is 389 g/mol. The number of nitriles is 1. The van der Waals surface area contributed by atoms with Gasteiger partial charge in [0.1, 0.15) is 17.6 Å². The first-order valence-electron chi connectivity index (χ1n) is 9.93. The van der Waals surface area contributed by atoms with E-state index in [2.05, 4.69) is 11.4 Å². The molecule has 0 aliphatic carbocycles. The smallest absolute Gasteiger partial charge is 0.270 e. The molecule has 1 aromatic heterocycles. The molecule has 5 heteroatoms. The van der Waals surface area contributed by atoms with Crippen molar-refractivity contribution < 1.29 is 9.18 Å². The molecule has 0 aliphatic rings. The van der Waals surface area contributed by atoms with Crippen molar-refractivity contribution in [1.29, 1.82) is 5.26 Å². The Kier molecular flexibility index (Phi) is 5.91. The van der Waals surface area contributed by atoms with E-state index in [1.165, 1.54) is 12.1 Å². The van der Waals surface area contributed by atoms with Crippen molar-refractivity contribution in [3.8, 4) is 11.8 Å². The van der Waals surface area contributed by atoms with Crippen LogP contribution in [0.15, 0.2) is 97.2 Å². The summed E-state index contributed by atoms with van der Waals surface area (Å²) in [6.45, 7) is 0. The number of rotatable bonds is 6. The van der Waals surface area contributed by atoms with Crippen molar-refractivity contribution in [2.45, 2.75) is 12.5 Å². The van der Waals surface area contributed by atoms with Crippen molar-refractivity contribution in [3.05, 3.63) is 125 Å². The van der Waals surface area contributed by atoms with E-state index >= 15 is 0 Å². The Morgan fingerprint density at radius 3 is 2.23 bits per heavy atom. The first-order valence-corrected chi connectivity index (χ1v) is 9.93. The molecule has 0 aliphatic heterocycles. The number of carbonyl (C=O) groups excluding carboxylic acids is 1. The molecule has 1 amide bonds. The van der Waals surface area contributed by atoms with Crippen molar-refractivity contribution in [1.82, 2.24) is 9.88 Å². The molecule has 0 spiro atoms. The highest BCUT2D eigenvalue weighted by atomic mass is 19.1. The predicted molar refractivity (Wildman–Crippen MR) is 117 cm³/mol. The van der Waals surface area contributed by atoms with E-state index < -0.39 is 0 Å². The van der Waals surface area contributed by atoms with Gasteiger partial charge in [-0.3, -0.25) is 4.79 Å². The van der Waals surface area contributed by atoms with E-state index in [1.807, 2.05) is 60.7 Å². The van der Waals surface area contributed by atoms with Gasteiger partial charge in [0.25, 0.3) is 5.91 Å². The highest BCUT2D eigenvalue weighted by molar-refractivity contribution is 5.96. The Morgan fingerprint density at radius 1 is 0.935 bits per heavy atom. The van der Waals surface area contributed by atoms with Gasteiger partial charge in [0, 0.05) is 11.9 Å². The summed E-state index contributed by atoms with van der Waals surface area (Å²) in [6, 6.07) is 28.8. The van der Waals surface area contributed by atoms with Crippen molar-refractivity contribution >= 4 is 5.91 Å². The lowest BCUT2D eigenvalue weighted by molar-refractivity contribution is 0.0929. The molecule has 4 nitrogen and oxygen atoms in total. The zero-order valence-electron chi connectivity index (χ0n) is 16.7. The van der Waals surface area contributed by atoms with E-state index in [0.29, 0.717) is 12.1 Å². The van der Waals surface area contributed by atoms with Crippen LogP contribution in [0.1, 0.15) is 33.2 Å². The van der Waals surface area contributed by atoms with E-state index in [1.54, 1.807) is 29.0 Å². The Hall–Kier alpha value is -4.17. The molecule has 1 atom stereocenters. The van der Waals surface area contributed by atoms with Gasteiger partial charge in [0.05, 0.1) is 11.6 Å². The van der Waals surface area contributed by atoms with Crippen LogP contribution < -0.4 is 5.32 Å². The quantitative estimate of drug-likeness (QED) is 0.476. The summed E-state index contributed by atoms with van der Waals surface area (Å²) in [4.78, 5) is 13.4. The van der Waals surface area contributed by atoms with Gasteiger partial charge in [-0.25, -0.2) is 4.39 Å². The number of halogens is 1. The second-order valence-corrected chi connectivity index (χ2v) is 7.16. The number of carbonyl (C=O) groups is 1. The van der Waals surface area contributed by atoms with Gasteiger partial charge in [-0.05, 0) is 47.9 Å². The highest BCUT2D eigenvalue weighted by Gasteiger charge is 2.22. The monoisotopic (exact) mass is 409 g/mol. The Labute approximate surface area is 180 Å². The molecule has 0 saturated heterocycles. The van der Waals surface area contributed by atoms with Crippen LogP contribution in [0.4, 0.5) is 4.39 Å². The van der Waals surface area contributed by atoms with Gasteiger partial charge in [-0.2, -0.15) is 5.26 Å². The molecule has 152 valence electrons. The minimum Gasteiger partial charge on any atom is -0.344 e. The minimum absolute atomic E-state index is 0.225. The lowest BCUT2D eigenvalue weighted by Gasteiger charge is -2.20. The Morgan fingerprint density at radius 2 is 1.58 bits per heavy atom. The standard InChI is InChI=1S/C26H20FN3O/c27-22-11-13-23(14-12-22)30-16-15-21(18-28)25(30)26(31)29-24(20-9-5-2-6-10-20)17-19-7-3-1-4-8-19/h1-16,24H,17H2,(H,29,31). The largest absolute Gasteiger partial charge is 0.344 e. The summed E-state index contributed by atoms with van der Waals surface area (Å²) in [5.41, 5.74) is 3.15. The molecule has 4 aromatic rings. The van der Waals surface area contributed by atoms with Gasteiger partial charge in [0.2, 0.25) is 0 Å². The summed E-state index contributed by atoms with van der Waals surface area (Å²) in [5.74, 6) is -0.731. The van der Waals surface area contributed by atoms with Crippen LogP contribution in [0.2, 0.25) is 0 Å². The zero-order valence-corrected chi connectivity index (χ0v) is 16.7. The van der Waals surface area contributed by atoms with E-state index in [-0.39, 0.29) is 29.0 Å². The summed E-state index contributed by atoms with van der Waals surface area (Å²) in [5, 5.41) is 12.7. The topological polar surface area (TPSA) is 57.8 Å². The van der Waals surface area contributed by atoms with Gasteiger partial charge >= 0.3 is 0 Å². The van der Waals surface area contributed by atoms with E-state index in [9.17, 15) is 14.4 Å². The maximum atomic E-state index is 13.4. The number of nitrogens with zero attached hydrogens (tertiary/aromatic N) is 2. The lowest BCUT2D eigenvalue weighted by atomic mass is 9.98. The zero-order chi connectivity index (χ0) is 21.6. The van der Waals surface area contributed by atoms with Gasteiger partial charge < -0.3 is 9.88 Å². The number of hydrogen-bond donors (Lipinski definition) is 1. The van der Waals surface area contributed by atoms with Gasteiger partial charge in [-0.15, -0.1) is 0 Å². The summed E-state index contributed by atoms with van der Waals surface area (Å²) in [6.07, 6.45) is 2.26. The first-order chi connectivity index (χ1) is 15.2. The van der Waals surface area contributed by atoms with Crippen LogP contribution in [0.3, 0.4) is 0 Å². The van der Waals surface area contributed by atoms with Crippen molar-refractivity contribution in [2.24, 2.45) is 0 Å². The summed E-state index contributed by atoms with van der Waals surface area (Å²) < 4.78 is 15.0. The third kappa shape index (κ3) is 4.54. The molecule has 0 fully saturated rings. The molecule has 1 heterocycles. The normalized spacial score (nSPS) is 11.5. The molecule has 31 heavy (non-hydrogen) atoms. The second kappa shape index (κ2) is 9.10. The molecule has 0 saturated carbocycles. The highest BCUT2D eigenvalue weighted by Crippen LogP contribution is 2.22. The molecule has 1 N–H and O–H groups in total. The fourth-order valence-corrected chi connectivity index (χ4v) is 3.59. The third-order valence-electron chi connectivity index (χ3n) is 5.12. The fourth-order valence-electron chi connectivity index (χ4n) is 3.59. The van der Waals surface area contributed by atoms with Crippen LogP contribution in [0.25, 0.3) is 5.69 Å². The van der Waals surface area contributed by atoms with Crippen LogP contribution in [-0.2, 0) is 6.42 Å². The average molecular weight is 409 g/mol. The first kappa shape index (κ1) is 20.1. The van der Waals surface area contributed by atoms with Crippen molar-refractivity contribution in [3.63, 3.8) is 0 Å². The number of hydrogen-bond acceptors (Lipinski definition) is 2. The SMILES string of the molecule is N#Cc1ccn(-c2ccc(F)cc2)c1C(=O)NC(Cc1ccccc1)c1ccccc1. The summed E-state index contributed by atoms with van der Waals surface area (Å²) >= 11 is 0. The molecular formula is C26H20FN3O. The predicted octanol–water partition coefficient (Wildman–Crippen LogP) is 5.20. The maximum Gasteiger partial charge on any atom is 0.270 e. The number of aromatic nitrogens is 1. The fraction of sp³-hybridized carbons (Fsp3) is 0.0769.